The van der Waals surface area contributed by atoms with Crippen molar-refractivity contribution in [3.8, 4) is 0 Å². The molecule has 2 heterocycles. The Morgan fingerprint density at radius 3 is 2.39 bits per heavy atom. The summed E-state index contributed by atoms with van der Waals surface area (Å²) >= 11 is 0. The Morgan fingerprint density at radius 1 is 1.04 bits per heavy atom. The summed E-state index contributed by atoms with van der Waals surface area (Å²) in [6.07, 6.45) is 1.93. The minimum absolute atomic E-state index is 0.0487. The van der Waals surface area contributed by atoms with E-state index in [0.29, 0.717) is 26.2 Å². The first-order valence-electron chi connectivity index (χ1n) is 8.11. The zero-order valence-corrected chi connectivity index (χ0v) is 13.5. The smallest absolute Gasteiger partial charge is 0.312 e. The van der Waals surface area contributed by atoms with Crippen molar-refractivity contribution in [1.82, 2.24) is 14.7 Å². The fraction of sp³-hybridized carbons (Fsp3) is 0.529. The molecule has 123 valence electrons. The summed E-state index contributed by atoms with van der Waals surface area (Å²) in [5.41, 5.74) is 1.19. The average Bonchev–Trinajstić information content (AvgIpc) is 2.62. The number of hydrogen-bond acceptors (Lipinski definition) is 4. The van der Waals surface area contributed by atoms with Gasteiger partial charge in [0.15, 0.2) is 0 Å². The molecule has 1 radical (unpaired) electrons. The minimum atomic E-state index is -0.394. The first kappa shape index (κ1) is 15.8. The van der Waals surface area contributed by atoms with Crippen molar-refractivity contribution in [3.63, 3.8) is 0 Å². The maximum absolute atomic E-state index is 12.8. The normalized spacial score (nSPS) is 23.0. The van der Waals surface area contributed by atoms with Gasteiger partial charge in [-0.2, -0.15) is 0 Å². The molecule has 23 heavy (non-hydrogen) atoms. The zero-order valence-electron chi connectivity index (χ0n) is 13.5. The van der Waals surface area contributed by atoms with Crippen LogP contribution in [-0.4, -0.2) is 85.9 Å². The molecule has 1 aromatic rings. The van der Waals surface area contributed by atoms with Gasteiger partial charge < -0.3 is 19.6 Å². The summed E-state index contributed by atoms with van der Waals surface area (Å²) in [5, 5.41) is 0. The van der Waals surface area contributed by atoms with Gasteiger partial charge in [0.05, 0.1) is 0 Å². The Labute approximate surface area is 137 Å². The highest BCUT2D eigenvalue weighted by Gasteiger charge is 2.34. The van der Waals surface area contributed by atoms with Gasteiger partial charge in [-0.15, -0.1) is 0 Å². The Balaban J connectivity index is 1.60. The number of rotatable bonds is 3. The van der Waals surface area contributed by atoms with E-state index in [2.05, 4.69) is 21.9 Å². The molecule has 2 aliphatic rings. The van der Waals surface area contributed by atoms with Crippen LogP contribution in [0.4, 0.5) is 5.69 Å². The molecule has 1 aromatic carbocycles. The van der Waals surface area contributed by atoms with E-state index in [4.69, 9.17) is 0 Å². The number of benzene rings is 1. The first-order chi connectivity index (χ1) is 11.2. The van der Waals surface area contributed by atoms with Crippen LogP contribution in [0.1, 0.15) is 0 Å². The molecule has 2 saturated heterocycles. The van der Waals surface area contributed by atoms with Crippen LogP contribution in [0, 0.1) is 0 Å². The van der Waals surface area contributed by atoms with E-state index in [1.807, 2.05) is 36.6 Å². The number of carbonyl (C=O) groups is 1. The Hall–Kier alpha value is -2.08. The average molecular weight is 315 g/mol. The molecule has 2 fully saturated rings. The molecule has 0 saturated carbocycles. The summed E-state index contributed by atoms with van der Waals surface area (Å²) in [4.78, 5) is 31.7. The van der Waals surface area contributed by atoms with Gasteiger partial charge in [0, 0.05) is 51.5 Å². The summed E-state index contributed by atoms with van der Waals surface area (Å²) in [7, 11) is 1.98. The Kier molecular flexibility index (Phi) is 4.81. The molecule has 0 aliphatic carbocycles. The van der Waals surface area contributed by atoms with Crippen LogP contribution in [-0.2, 0) is 9.59 Å². The lowest BCUT2D eigenvalue weighted by atomic mass is 10.1. The van der Waals surface area contributed by atoms with Gasteiger partial charge in [-0.1, -0.05) is 18.2 Å². The summed E-state index contributed by atoms with van der Waals surface area (Å²) < 4.78 is 0. The van der Waals surface area contributed by atoms with Crippen molar-refractivity contribution in [2.24, 2.45) is 0 Å². The maximum Gasteiger partial charge on any atom is 0.312 e. The highest BCUT2D eigenvalue weighted by Crippen LogP contribution is 2.17. The van der Waals surface area contributed by atoms with Crippen molar-refractivity contribution in [2.75, 3.05) is 57.8 Å². The van der Waals surface area contributed by atoms with Gasteiger partial charge in [-0.05, 0) is 19.2 Å². The maximum atomic E-state index is 12.8. The predicted molar refractivity (Wildman–Crippen MR) is 88.9 cm³/mol. The molecular formula is C17H23N4O2. The molecule has 0 N–H and O–H groups in total. The van der Waals surface area contributed by atoms with Gasteiger partial charge in [0.1, 0.15) is 6.04 Å². The molecule has 0 aromatic heterocycles. The highest BCUT2D eigenvalue weighted by atomic mass is 16.2. The molecule has 1 atom stereocenters. The quantitative estimate of drug-likeness (QED) is 0.789. The molecule has 1 unspecified atom stereocenters. The number of anilines is 1. The topological polar surface area (TPSA) is 47.1 Å². The van der Waals surface area contributed by atoms with Gasteiger partial charge in [0.2, 0.25) is 5.91 Å². The Morgan fingerprint density at radius 2 is 1.74 bits per heavy atom. The molecule has 2 amide bonds. The number of nitrogens with zero attached hydrogens (tertiary/aromatic N) is 4. The van der Waals surface area contributed by atoms with Crippen molar-refractivity contribution in [2.45, 2.75) is 6.04 Å². The molecule has 2 aliphatic heterocycles. The van der Waals surface area contributed by atoms with E-state index < -0.39 is 6.04 Å². The molecular weight excluding hydrogens is 292 g/mol. The van der Waals surface area contributed by atoms with Gasteiger partial charge >= 0.3 is 6.41 Å². The highest BCUT2D eigenvalue weighted by molar-refractivity contribution is 5.84. The zero-order chi connectivity index (χ0) is 16.2. The van der Waals surface area contributed by atoms with Gasteiger partial charge in [0.25, 0.3) is 0 Å². The lowest BCUT2D eigenvalue weighted by Gasteiger charge is -2.41. The third kappa shape index (κ3) is 3.47. The van der Waals surface area contributed by atoms with E-state index in [1.54, 1.807) is 0 Å². The molecule has 3 rings (SSSR count). The largest absolute Gasteiger partial charge is 0.368 e. The van der Waals surface area contributed by atoms with E-state index in [-0.39, 0.29) is 5.91 Å². The van der Waals surface area contributed by atoms with Crippen molar-refractivity contribution in [1.29, 1.82) is 0 Å². The second-order valence-corrected chi connectivity index (χ2v) is 6.21. The number of carbonyl (C=O) groups excluding carboxylic acids is 2. The molecule has 6 heteroatoms. The minimum Gasteiger partial charge on any atom is -0.368 e. The number of hydrogen-bond donors (Lipinski definition) is 0. The van der Waals surface area contributed by atoms with Gasteiger partial charge in [-0.25, -0.2) is 0 Å². The predicted octanol–water partition coefficient (Wildman–Crippen LogP) is 0.0184. The third-order valence-corrected chi connectivity index (χ3v) is 4.70. The number of piperazine rings is 2. The van der Waals surface area contributed by atoms with Crippen molar-refractivity contribution in [3.05, 3.63) is 30.3 Å². The van der Waals surface area contributed by atoms with E-state index in [1.165, 1.54) is 10.6 Å². The Bertz CT molecular complexity index is 543. The van der Waals surface area contributed by atoms with Crippen molar-refractivity contribution < 1.29 is 9.59 Å². The van der Waals surface area contributed by atoms with E-state index in [0.717, 1.165) is 19.6 Å². The second kappa shape index (κ2) is 7.00. The van der Waals surface area contributed by atoms with Crippen LogP contribution >= 0.6 is 0 Å². The lowest BCUT2D eigenvalue weighted by Crippen LogP contribution is -2.60. The lowest BCUT2D eigenvalue weighted by molar-refractivity contribution is -0.137. The fourth-order valence-electron chi connectivity index (χ4n) is 3.27. The SMILES string of the molecule is CN1CCN([C]=O)C(C(=O)N2CCN(c3ccccc3)CC2)C1. The van der Waals surface area contributed by atoms with Crippen LogP contribution in [0.15, 0.2) is 30.3 Å². The van der Waals surface area contributed by atoms with E-state index in [9.17, 15) is 9.59 Å². The third-order valence-electron chi connectivity index (χ3n) is 4.70. The molecule has 0 bridgehead atoms. The summed E-state index contributed by atoms with van der Waals surface area (Å²) in [5.74, 6) is 0.0487. The number of likely N-dealkylation sites (N-methyl/N-ethyl adjacent to an activating group) is 1. The van der Waals surface area contributed by atoms with Gasteiger partial charge in [-0.3, -0.25) is 9.59 Å². The van der Waals surface area contributed by atoms with Crippen LogP contribution in [0.2, 0.25) is 0 Å². The first-order valence-corrected chi connectivity index (χ1v) is 8.11. The fourth-order valence-corrected chi connectivity index (χ4v) is 3.27. The van der Waals surface area contributed by atoms with E-state index >= 15 is 0 Å². The van der Waals surface area contributed by atoms with Crippen LogP contribution in [0.25, 0.3) is 0 Å². The standard InChI is InChI=1S/C17H23N4O2/c1-18-7-8-21(14-22)16(13-18)17(23)20-11-9-19(10-12-20)15-5-3-2-4-6-15/h2-6,16H,7-13H2,1H3. The number of para-hydroxylation sites is 1. The second-order valence-electron chi connectivity index (χ2n) is 6.21. The van der Waals surface area contributed by atoms with Crippen LogP contribution in [0.3, 0.4) is 0 Å². The molecule has 0 spiro atoms. The summed E-state index contributed by atoms with van der Waals surface area (Å²) in [6, 6.07) is 9.86. The van der Waals surface area contributed by atoms with Crippen LogP contribution in [0.5, 0.6) is 0 Å². The van der Waals surface area contributed by atoms with Crippen molar-refractivity contribution >= 4 is 18.0 Å². The molecule has 6 nitrogen and oxygen atoms in total. The van der Waals surface area contributed by atoms with Crippen LogP contribution < -0.4 is 4.90 Å². The summed E-state index contributed by atoms with van der Waals surface area (Å²) in [6.45, 7) is 4.99. The number of amides is 2. The monoisotopic (exact) mass is 315 g/mol.